The van der Waals surface area contributed by atoms with Crippen molar-refractivity contribution >= 4 is 51.6 Å². The Balaban J connectivity index is 2.39. The highest BCUT2D eigenvalue weighted by Gasteiger charge is 2.31. The lowest BCUT2D eigenvalue weighted by Crippen LogP contribution is -2.22. The Kier molecular flexibility index (Phi) is 5.96. The van der Waals surface area contributed by atoms with Gasteiger partial charge in [-0.05, 0) is 65.0 Å². The highest BCUT2D eigenvalue weighted by molar-refractivity contribution is 14.1. The first-order valence-electron chi connectivity index (χ1n) is 6.72. The lowest BCUT2D eigenvalue weighted by atomic mass is 10.2. The van der Waals surface area contributed by atoms with E-state index in [9.17, 15) is 9.59 Å². The van der Waals surface area contributed by atoms with Gasteiger partial charge < -0.3 is 9.47 Å². The summed E-state index contributed by atoms with van der Waals surface area (Å²) in [7, 11) is 1.46. The summed E-state index contributed by atoms with van der Waals surface area (Å²) in [5.74, 6) is 3.24. The lowest BCUT2D eigenvalue weighted by Gasteiger charge is -2.13. The Morgan fingerprint density at radius 3 is 2.70 bits per heavy atom. The number of nitrogens with zero attached hydrogens (tertiary/aromatic N) is 1. The number of hydrogen-bond donors (Lipinski definition) is 0. The highest BCUT2D eigenvalue weighted by Crippen LogP contribution is 2.37. The summed E-state index contributed by atoms with van der Waals surface area (Å²) in [6, 6.07) is 3.61. The largest absolute Gasteiger partial charge is 0.490 e. The van der Waals surface area contributed by atoms with Crippen LogP contribution < -0.4 is 9.47 Å². The molecule has 1 aliphatic rings. The van der Waals surface area contributed by atoms with Crippen LogP contribution in [0.15, 0.2) is 17.0 Å². The van der Waals surface area contributed by atoms with Gasteiger partial charge in [-0.2, -0.15) is 0 Å². The van der Waals surface area contributed by atoms with E-state index in [2.05, 4.69) is 28.5 Å². The van der Waals surface area contributed by atoms with Crippen molar-refractivity contribution in [3.8, 4) is 23.8 Å². The maximum absolute atomic E-state index is 12.0. The minimum absolute atomic E-state index is 0.143. The molecule has 0 bridgehead atoms. The molecule has 2 rings (SSSR count). The predicted molar refractivity (Wildman–Crippen MR) is 98.4 cm³/mol. The Hall–Kier alpha value is -1.66. The summed E-state index contributed by atoms with van der Waals surface area (Å²) in [6.07, 6.45) is 6.90. The number of benzene rings is 1. The first-order valence-corrected chi connectivity index (χ1v) is 8.61. The fourth-order valence-corrected chi connectivity index (χ4v) is 3.49. The summed E-state index contributed by atoms with van der Waals surface area (Å²) in [4.78, 5) is 25.0. The van der Waals surface area contributed by atoms with Crippen LogP contribution in [0.4, 0.5) is 4.79 Å². The van der Waals surface area contributed by atoms with Crippen LogP contribution in [0.2, 0.25) is 0 Å². The van der Waals surface area contributed by atoms with E-state index in [4.69, 9.17) is 15.9 Å². The fraction of sp³-hybridized carbons (Fsp3) is 0.250. The topological polar surface area (TPSA) is 55.8 Å². The molecule has 23 heavy (non-hydrogen) atoms. The van der Waals surface area contributed by atoms with Crippen molar-refractivity contribution in [3.63, 3.8) is 0 Å². The quantitative estimate of drug-likeness (QED) is 0.397. The predicted octanol–water partition coefficient (Wildman–Crippen LogP) is 3.37. The Labute approximate surface area is 152 Å². The van der Waals surface area contributed by atoms with Crippen LogP contribution in [0.3, 0.4) is 0 Å². The molecule has 0 aromatic heterocycles. The smallest absolute Gasteiger partial charge is 0.293 e. The number of ether oxygens (including phenoxy) is 2. The molecule has 0 aliphatic carbocycles. The minimum atomic E-state index is -0.305. The molecule has 1 saturated heterocycles. The molecule has 1 aromatic carbocycles. The van der Waals surface area contributed by atoms with E-state index >= 15 is 0 Å². The average Bonchev–Trinajstić information content (AvgIpc) is 2.74. The molecular formula is C16H14INO4S. The Bertz CT molecular complexity index is 724. The molecule has 7 heteroatoms. The summed E-state index contributed by atoms with van der Waals surface area (Å²) in [6.45, 7) is 2.48. The number of hydrogen-bond acceptors (Lipinski definition) is 5. The molecule has 2 amide bonds. The second kappa shape index (κ2) is 7.75. The maximum atomic E-state index is 12.0. The number of carbonyl (C=O) groups excluding carboxylic acids is 2. The number of carbonyl (C=O) groups is 2. The summed E-state index contributed by atoms with van der Waals surface area (Å²) in [5.41, 5.74) is 0.754. The van der Waals surface area contributed by atoms with Crippen LogP contribution >= 0.6 is 34.4 Å². The molecule has 0 spiro atoms. The van der Waals surface area contributed by atoms with E-state index in [1.54, 1.807) is 12.1 Å². The first kappa shape index (κ1) is 17.7. The van der Waals surface area contributed by atoms with Crippen molar-refractivity contribution < 1.29 is 19.1 Å². The standard InChI is InChI=1S/C16H14INO4S/c1-4-6-22-14-11(17)7-10(8-12(14)21-5-2)9-13-15(19)18(3)16(20)23-13/h1,7-9H,5-6H2,2-3H3/b13-9+. The van der Waals surface area contributed by atoms with E-state index in [0.29, 0.717) is 23.0 Å². The zero-order chi connectivity index (χ0) is 17.0. The Morgan fingerprint density at radius 1 is 1.39 bits per heavy atom. The van der Waals surface area contributed by atoms with Crippen molar-refractivity contribution in [2.45, 2.75) is 6.92 Å². The third-order valence-electron chi connectivity index (χ3n) is 2.92. The summed E-state index contributed by atoms with van der Waals surface area (Å²) in [5, 5.41) is -0.282. The van der Waals surface area contributed by atoms with Crippen LogP contribution in [-0.4, -0.2) is 36.3 Å². The molecule has 1 aromatic rings. The molecular weight excluding hydrogens is 429 g/mol. The van der Waals surface area contributed by atoms with E-state index in [1.165, 1.54) is 7.05 Å². The van der Waals surface area contributed by atoms with Gasteiger partial charge in [-0.25, -0.2) is 0 Å². The minimum Gasteiger partial charge on any atom is -0.490 e. The van der Waals surface area contributed by atoms with Crippen LogP contribution in [0, 0.1) is 15.9 Å². The Morgan fingerprint density at radius 2 is 2.13 bits per heavy atom. The van der Waals surface area contributed by atoms with Crippen LogP contribution in [0.1, 0.15) is 12.5 Å². The van der Waals surface area contributed by atoms with Gasteiger partial charge >= 0.3 is 0 Å². The van der Waals surface area contributed by atoms with Crippen molar-refractivity contribution in [2.24, 2.45) is 0 Å². The number of halogens is 1. The zero-order valence-electron chi connectivity index (χ0n) is 12.6. The SMILES string of the molecule is C#CCOc1c(I)cc(/C=C2/SC(=O)N(C)C2=O)cc1OCC. The van der Waals surface area contributed by atoms with Crippen molar-refractivity contribution in [2.75, 3.05) is 20.3 Å². The second-order valence-corrected chi connectivity index (χ2v) is 6.65. The molecule has 120 valence electrons. The van der Waals surface area contributed by atoms with Gasteiger partial charge in [0.15, 0.2) is 11.5 Å². The fourth-order valence-electron chi connectivity index (χ4n) is 1.89. The number of likely N-dealkylation sites (N-methyl/N-ethyl adjacent to an activating group) is 1. The molecule has 0 N–H and O–H groups in total. The van der Waals surface area contributed by atoms with Gasteiger partial charge in [0, 0.05) is 7.05 Å². The van der Waals surface area contributed by atoms with Crippen molar-refractivity contribution in [1.82, 2.24) is 4.90 Å². The van der Waals surface area contributed by atoms with E-state index in [-0.39, 0.29) is 17.8 Å². The highest BCUT2D eigenvalue weighted by atomic mass is 127. The average molecular weight is 443 g/mol. The molecule has 1 fully saturated rings. The third-order valence-corrected chi connectivity index (χ3v) is 4.68. The lowest BCUT2D eigenvalue weighted by molar-refractivity contribution is -0.121. The molecule has 5 nitrogen and oxygen atoms in total. The van der Waals surface area contributed by atoms with Crippen LogP contribution in [0.25, 0.3) is 6.08 Å². The number of imide groups is 1. The van der Waals surface area contributed by atoms with Gasteiger partial charge in [-0.3, -0.25) is 14.5 Å². The van der Waals surface area contributed by atoms with Gasteiger partial charge in [0.2, 0.25) is 0 Å². The van der Waals surface area contributed by atoms with Crippen molar-refractivity contribution in [1.29, 1.82) is 0 Å². The number of amides is 2. The van der Waals surface area contributed by atoms with Gasteiger partial charge in [0.1, 0.15) is 6.61 Å². The molecule has 0 saturated carbocycles. The zero-order valence-corrected chi connectivity index (χ0v) is 15.6. The third kappa shape index (κ3) is 4.00. The maximum Gasteiger partial charge on any atom is 0.293 e. The molecule has 0 unspecified atom stereocenters. The number of thioether (sulfide) groups is 1. The number of rotatable bonds is 5. The van der Waals surface area contributed by atoms with Gasteiger partial charge in [0.25, 0.3) is 11.1 Å². The van der Waals surface area contributed by atoms with Gasteiger partial charge in [0.05, 0.1) is 15.1 Å². The normalized spacial score (nSPS) is 15.9. The molecule has 1 heterocycles. The molecule has 0 radical (unpaired) electrons. The van der Waals surface area contributed by atoms with E-state index in [0.717, 1.165) is 25.8 Å². The van der Waals surface area contributed by atoms with E-state index < -0.39 is 0 Å². The second-order valence-electron chi connectivity index (χ2n) is 4.50. The first-order chi connectivity index (χ1) is 11.0. The van der Waals surface area contributed by atoms with Gasteiger partial charge in [-0.1, -0.05) is 5.92 Å². The molecule has 1 aliphatic heterocycles. The van der Waals surface area contributed by atoms with Crippen LogP contribution in [0.5, 0.6) is 11.5 Å². The van der Waals surface area contributed by atoms with Crippen molar-refractivity contribution in [3.05, 3.63) is 26.2 Å². The van der Waals surface area contributed by atoms with E-state index in [1.807, 2.05) is 13.0 Å². The summed E-state index contributed by atoms with van der Waals surface area (Å²) < 4.78 is 11.9. The van der Waals surface area contributed by atoms with Crippen LogP contribution in [-0.2, 0) is 4.79 Å². The summed E-state index contributed by atoms with van der Waals surface area (Å²) >= 11 is 3.04. The van der Waals surface area contributed by atoms with Gasteiger partial charge in [-0.15, -0.1) is 6.42 Å². The number of terminal acetylenes is 1. The monoisotopic (exact) mass is 443 g/mol. The molecule has 0 atom stereocenters.